The highest BCUT2D eigenvalue weighted by Crippen LogP contribution is 2.24. The van der Waals surface area contributed by atoms with Gasteiger partial charge in [0.25, 0.3) is 0 Å². The van der Waals surface area contributed by atoms with E-state index < -0.39 is 24.0 Å². The van der Waals surface area contributed by atoms with Crippen molar-refractivity contribution >= 4 is 17.7 Å². The molecule has 2 N–H and O–H groups in total. The van der Waals surface area contributed by atoms with Crippen LogP contribution in [0.3, 0.4) is 0 Å². The molecule has 1 aliphatic rings. The van der Waals surface area contributed by atoms with Gasteiger partial charge in [0.15, 0.2) is 12.0 Å². The maximum absolute atomic E-state index is 12.0. The number of nitrogens with zero attached hydrogens (tertiary/aromatic N) is 1. The summed E-state index contributed by atoms with van der Waals surface area (Å²) in [5, 5.41) is 22.4. The van der Waals surface area contributed by atoms with E-state index in [4.69, 9.17) is 9.57 Å². The Morgan fingerprint density at radius 2 is 2.09 bits per heavy atom. The summed E-state index contributed by atoms with van der Waals surface area (Å²) in [4.78, 5) is 28.5. The number of phenolic OH excluding ortho intramolecular Hbond substituents is 1. The third-order valence-electron chi connectivity index (χ3n) is 3.53. The van der Waals surface area contributed by atoms with Gasteiger partial charge in [-0.25, -0.2) is 0 Å². The first kappa shape index (κ1) is 16.8. The van der Waals surface area contributed by atoms with Crippen LogP contribution < -0.4 is 0 Å². The van der Waals surface area contributed by atoms with Crippen LogP contribution in [0.5, 0.6) is 5.75 Å². The molecule has 0 fully saturated rings. The maximum atomic E-state index is 12.0. The zero-order valence-electron chi connectivity index (χ0n) is 12.8. The van der Waals surface area contributed by atoms with E-state index in [2.05, 4.69) is 5.16 Å². The number of rotatable bonds is 7. The van der Waals surface area contributed by atoms with E-state index >= 15 is 0 Å². The fourth-order valence-electron chi connectivity index (χ4n) is 2.22. The lowest BCUT2D eigenvalue weighted by Gasteiger charge is -2.16. The largest absolute Gasteiger partial charge is 0.508 e. The molecule has 0 amide bonds. The summed E-state index contributed by atoms with van der Waals surface area (Å²) in [6, 6.07) is 6.29. The fourth-order valence-corrected chi connectivity index (χ4v) is 2.22. The van der Waals surface area contributed by atoms with Gasteiger partial charge in [0.2, 0.25) is 0 Å². The number of aromatic hydroxyl groups is 1. The summed E-state index contributed by atoms with van der Waals surface area (Å²) < 4.78 is 4.99. The molecule has 7 nitrogen and oxygen atoms in total. The Hall–Kier alpha value is -2.57. The highest BCUT2D eigenvalue weighted by molar-refractivity contribution is 6.03. The van der Waals surface area contributed by atoms with E-state index in [1.807, 2.05) is 6.92 Å². The Bertz CT molecular complexity index is 595. The molecule has 1 heterocycles. The van der Waals surface area contributed by atoms with Gasteiger partial charge >= 0.3 is 11.9 Å². The first-order valence-corrected chi connectivity index (χ1v) is 7.44. The Morgan fingerprint density at radius 1 is 1.39 bits per heavy atom. The van der Waals surface area contributed by atoms with Gasteiger partial charge in [-0.05, 0) is 36.2 Å². The van der Waals surface area contributed by atoms with Crippen LogP contribution >= 0.6 is 0 Å². The molecule has 2 unspecified atom stereocenters. The Balaban J connectivity index is 2.01. The lowest BCUT2D eigenvalue weighted by Crippen LogP contribution is -2.36. The van der Waals surface area contributed by atoms with Gasteiger partial charge in [-0.2, -0.15) is 0 Å². The summed E-state index contributed by atoms with van der Waals surface area (Å²) in [6.45, 7) is 2.14. The first-order chi connectivity index (χ1) is 11.0. The number of oxime groups is 1. The van der Waals surface area contributed by atoms with Gasteiger partial charge in [-0.15, -0.1) is 0 Å². The number of phenols is 1. The fraction of sp³-hybridized carbons (Fsp3) is 0.438. The Labute approximate surface area is 133 Å². The number of carbonyl (C=O) groups excluding carboxylic acids is 1. The van der Waals surface area contributed by atoms with Crippen molar-refractivity contribution in [1.29, 1.82) is 0 Å². The number of ether oxygens (including phenoxy) is 1. The summed E-state index contributed by atoms with van der Waals surface area (Å²) in [5.74, 6) is -3.39. The molecule has 2 rings (SSSR count). The molecule has 0 saturated heterocycles. The number of benzene rings is 1. The van der Waals surface area contributed by atoms with Crippen LogP contribution in [0.1, 0.15) is 31.7 Å². The second kappa shape index (κ2) is 7.62. The number of carboxylic acids is 1. The van der Waals surface area contributed by atoms with E-state index in [-0.39, 0.29) is 18.8 Å². The summed E-state index contributed by atoms with van der Waals surface area (Å²) in [6.07, 6.45) is 0.813. The second-order valence-electron chi connectivity index (χ2n) is 5.27. The van der Waals surface area contributed by atoms with Crippen molar-refractivity contribution in [3.05, 3.63) is 29.8 Å². The molecule has 1 aromatic rings. The van der Waals surface area contributed by atoms with Crippen molar-refractivity contribution in [2.45, 2.75) is 32.3 Å². The highest BCUT2D eigenvalue weighted by atomic mass is 16.6. The van der Waals surface area contributed by atoms with Gasteiger partial charge < -0.3 is 19.8 Å². The van der Waals surface area contributed by atoms with Gasteiger partial charge in [0.05, 0.1) is 12.3 Å². The van der Waals surface area contributed by atoms with Crippen LogP contribution in [0.15, 0.2) is 29.4 Å². The van der Waals surface area contributed by atoms with Gasteiger partial charge in [0, 0.05) is 6.42 Å². The molecule has 0 radical (unpaired) electrons. The van der Waals surface area contributed by atoms with Crippen LogP contribution in [-0.2, 0) is 19.2 Å². The van der Waals surface area contributed by atoms with Crippen LogP contribution in [0.2, 0.25) is 0 Å². The molecule has 2 atom stereocenters. The predicted octanol–water partition coefficient (Wildman–Crippen LogP) is 1.93. The second-order valence-corrected chi connectivity index (χ2v) is 5.27. The van der Waals surface area contributed by atoms with Gasteiger partial charge in [-0.3, -0.25) is 9.59 Å². The number of unbranched alkanes of at least 4 members (excludes halogenated alkanes) is 1. The Kier molecular flexibility index (Phi) is 5.56. The van der Waals surface area contributed by atoms with E-state index in [9.17, 15) is 19.8 Å². The van der Waals surface area contributed by atoms with Crippen LogP contribution in [0.25, 0.3) is 0 Å². The zero-order chi connectivity index (χ0) is 16.8. The summed E-state index contributed by atoms with van der Waals surface area (Å²) >= 11 is 0. The normalized spacial score (nSPS) is 18.0. The maximum Gasteiger partial charge on any atom is 0.324 e. The molecule has 0 bridgehead atoms. The predicted molar refractivity (Wildman–Crippen MR) is 81.1 cm³/mol. The third kappa shape index (κ3) is 4.21. The van der Waals surface area contributed by atoms with Crippen LogP contribution in [0.4, 0.5) is 0 Å². The summed E-state index contributed by atoms with van der Waals surface area (Å²) in [7, 11) is 0. The van der Waals surface area contributed by atoms with E-state index in [1.165, 1.54) is 12.1 Å². The highest BCUT2D eigenvalue weighted by Gasteiger charge is 2.41. The van der Waals surface area contributed by atoms with Crippen molar-refractivity contribution in [2.75, 3.05) is 6.61 Å². The summed E-state index contributed by atoms with van der Waals surface area (Å²) in [5.41, 5.74) is 1.23. The smallest absolute Gasteiger partial charge is 0.324 e. The van der Waals surface area contributed by atoms with E-state index in [0.717, 1.165) is 6.42 Å². The van der Waals surface area contributed by atoms with Crippen molar-refractivity contribution in [2.24, 2.45) is 11.1 Å². The molecule has 124 valence electrons. The van der Waals surface area contributed by atoms with Crippen molar-refractivity contribution in [3.8, 4) is 5.75 Å². The topological polar surface area (TPSA) is 105 Å². The minimum atomic E-state index is -1.41. The molecular weight excluding hydrogens is 302 g/mol. The number of aliphatic carboxylic acids is 1. The molecule has 0 aromatic heterocycles. The lowest BCUT2D eigenvalue weighted by atomic mass is 9.96. The minimum Gasteiger partial charge on any atom is -0.508 e. The van der Waals surface area contributed by atoms with Gasteiger partial charge in [0.1, 0.15) is 5.75 Å². The number of hydrogen-bond acceptors (Lipinski definition) is 6. The lowest BCUT2D eigenvalue weighted by molar-refractivity contribution is -0.165. The molecule has 1 aliphatic heterocycles. The van der Waals surface area contributed by atoms with Crippen molar-refractivity contribution in [3.63, 3.8) is 0 Å². The van der Waals surface area contributed by atoms with Crippen molar-refractivity contribution in [1.82, 2.24) is 0 Å². The van der Waals surface area contributed by atoms with Gasteiger partial charge in [-0.1, -0.05) is 18.5 Å². The number of esters is 1. The average Bonchev–Trinajstić information content (AvgIpc) is 2.97. The average molecular weight is 321 g/mol. The molecule has 1 aromatic carbocycles. The number of hydrogen-bond donors (Lipinski definition) is 2. The zero-order valence-corrected chi connectivity index (χ0v) is 12.8. The van der Waals surface area contributed by atoms with E-state index in [1.54, 1.807) is 12.1 Å². The molecule has 0 saturated carbocycles. The molecule has 0 spiro atoms. The Morgan fingerprint density at radius 3 is 2.70 bits per heavy atom. The van der Waals surface area contributed by atoms with Crippen LogP contribution in [0, 0.1) is 5.92 Å². The number of carbonyl (C=O) groups is 2. The monoisotopic (exact) mass is 321 g/mol. The standard InChI is InChI=1S/C16H19NO6/c1-2-3-8-22-16(21)14(15(19)20)13-9-12(17-23-13)10-4-6-11(18)7-5-10/h4-7,13-14,18H,2-3,8-9H2,1H3,(H,19,20). The van der Waals surface area contributed by atoms with Crippen molar-refractivity contribution < 1.29 is 29.4 Å². The molecule has 0 aliphatic carbocycles. The van der Waals surface area contributed by atoms with Crippen LogP contribution in [-0.4, -0.2) is 40.6 Å². The quantitative estimate of drug-likeness (QED) is 0.451. The minimum absolute atomic E-state index is 0.118. The SMILES string of the molecule is CCCCOC(=O)C(C(=O)O)C1CC(c2ccc(O)cc2)=NO1. The molecule has 23 heavy (non-hydrogen) atoms. The third-order valence-corrected chi connectivity index (χ3v) is 3.53. The first-order valence-electron chi connectivity index (χ1n) is 7.44. The number of carboxylic acid groups (broad SMARTS) is 1. The van der Waals surface area contributed by atoms with E-state index in [0.29, 0.717) is 17.7 Å². The molecular formula is C16H19NO6. The molecule has 7 heteroatoms.